The lowest BCUT2D eigenvalue weighted by Crippen LogP contribution is -2.32. The van der Waals surface area contributed by atoms with Crippen molar-refractivity contribution in [3.05, 3.63) is 107 Å². The summed E-state index contributed by atoms with van der Waals surface area (Å²) in [5.74, 6) is 0.449. The van der Waals surface area contributed by atoms with Crippen LogP contribution in [-0.2, 0) is 36.1 Å². The third kappa shape index (κ3) is 5.02. The molecule has 0 saturated carbocycles. The van der Waals surface area contributed by atoms with Crippen molar-refractivity contribution in [2.75, 3.05) is 20.7 Å². The van der Waals surface area contributed by atoms with Crippen molar-refractivity contribution in [1.29, 1.82) is 0 Å². The van der Waals surface area contributed by atoms with E-state index in [1.807, 2.05) is 35.0 Å². The maximum atomic E-state index is 14.4. The Balaban J connectivity index is 1.52. The predicted molar refractivity (Wildman–Crippen MR) is 139 cm³/mol. The molecule has 4 aromatic rings. The number of methoxy groups -OCH3 is 1. The average Bonchev–Trinajstić information content (AvgIpc) is 3.27. The fourth-order valence-electron chi connectivity index (χ4n) is 4.74. The number of para-hydroxylation sites is 2. The quantitative estimate of drug-likeness (QED) is 0.345. The van der Waals surface area contributed by atoms with E-state index in [9.17, 15) is 12.8 Å². The van der Waals surface area contributed by atoms with E-state index in [1.54, 1.807) is 56.6 Å². The van der Waals surface area contributed by atoms with Crippen molar-refractivity contribution in [2.24, 2.45) is 0 Å². The molecule has 0 aliphatic carbocycles. The van der Waals surface area contributed by atoms with Gasteiger partial charge in [0.25, 0.3) is 0 Å². The number of hydrogen-bond donors (Lipinski definition) is 0. The first-order valence-corrected chi connectivity index (χ1v) is 13.5. The van der Waals surface area contributed by atoms with Gasteiger partial charge in [-0.25, -0.2) is 17.5 Å². The minimum absolute atomic E-state index is 0.106. The molecule has 0 atom stereocenters. The van der Waals surface area contributed by atoms with Crippen molar-refractivity contribution in [3.63, 3.8) is 0 Å². The number of benzene rings is 3. The van der Waals surface area contributed by atoms with Crippen LogP contribution in [-0.4, -0.2) is 48.1 Å². The van der Waals surface area contributed by atoms with Crippen molar-refractivity contribution in [2.45, 2.75) is 31.0 Å². The summed E-state index contributed by atoms with van der Waals surface area (Å²) in [6.45, 7) is 1.83. The maximum Gasteiger partial charge on any atom is 0.243 e. The van der Waals surface area contributed by atoms with E-state index in [-0.39, 0.29) is 17.3 Å². The van der Waals surface area contributed by atoms with Gasteiger partial charge in [0.05, 0.1) is 29.9 Å². The lowest BCUT2D eigenvalue weighted by molar-refractivity contribution is 0.239. The second-order valence-corrected chi connectivity index (χ2v) is 11.1. The van der Waals surface area contributed by atoms with Crippen LogP contribution in [0.15, 0.2) is 83.8 Å². The number of ether oxygens (including phenoxy) is 1. The highest BCUT2D eigenvalue weighted by atomic mass is 32.2. The lowest BCUT2D eigenvalue weighted by atomic mass is 10.0. The third-order valence-electron chi connectivity index (χ3n) is 6.71. The summed E-state index contributed by atoms with van der Waals surface area (Å²) in [6, 6.07) is 22.8. The molecule has 0 spiro atoms. The zero-order chi connectivity index (χ0) is 26.0. The van der Waals surface area contributed by atoms with Gasteiger partial charge in [0.15, 0.2) is 0 Å². The minimum atomic E-state index is -3.70. The minimum Gasteiger partial charge on any atom is -0.494 e. The number of aromatic nitrogens is 2. The first kappa shape index (κ1) is 25.1. The summed E-state index contributed by atoms with van der Waals surface area (Å²) in [7, 11) is -0.520. The molecule has 0 N–H and O–H groups in total. The van der Waals surface area contributed by atoms with Gasteiger partial charge in [-0.1, -0.05) is 48.5 Å². The summed E-state index contributed by atoms with van der Waals surface area (Å²) in [4.78, 5) is 2.40. The van der Waals surface area contributed by atoms with Gasteiger partial charge < -0.3 is 4.74 Å². The van der Waals surface area contributed by atoms with E-state index < -0.39 is 10.0 Å². The normalized spacial score (nSPS) is 14.1. The third-order valence-corrected chi connectivity index (χ3v) is 8.53. The van der Waals surface area contributed by atoms with Gasteiger partial charge in [-0.3, -0.25) is 4.90 Å². The molecular weight excluding hydrogens is 491 g/mol. The number of halogens is 1. The Morgan fingerprint density at radius 2 is 1.70 bits per heavy atom. The highest BCUT2D eigenvalue weighted by Gasteiger charge is 2.29. The van der Waals surface area contributed by atoms with Crippen molar-refractivity contribution >= 4 is 10.0 Å². The predicted octanol–water partition coefficient (Wildman–Crippen LogP) is 4.40. The van der Waals surface area contributed by atoms with Crippen LogP contribution in [0.5, 0.6) is 5.75 Å². The Bertz CT molecular complexity index is 1510. The first-order chi connectivity index (χ1) is 17.9. The summed E-state index contributed by atoms with van der Waals surface area (Å²) >= 11 is 0. The van der Waals surface area contributed by atoms with E-state index >= 15 is 0 Å². The van der Waals surface area contributed by atoms with Gasteiger partial charge >= 0.3 is 0 Å². The molecule has 7 nitrogen and oxygen atoms in total. The van der Waals surface area contributed by atoms with Crippen LogP contribution < -0.4 is 4.74 Å². The molecule has 1 aromatic heterocycles. The molecule has 5 rings (SSSR count). The van der Waals surface area contributed by atoms with Gasteiger partial charge in [-0.2, -0.15) is 9.40 Å². The Morgan fingerprint density at radius 3 is 2.46 bits per heavy atom. The number of sulfonamides is 1. The van der Waals surface area contributed by atoms with Crippen LogP contribution in [0, 0.1) is 5.82 Å². The molecule has 9 heteroatoms. The molecule has 0 unspecified atom stereocenters. The number of hydrogen-bond acceptors (Lipinski definition) is 5. The SMILES string of the molecule is COc1ccccc1-n1nc(CN(C)S(=O)(=O)c2ccccc2)c2c1CCN(Cc1ccccc1F)C2. The van der Waals surface area contributed by atoms with Crippen LogP contribution in [0.1, 0.15) is 22.5 Å². The Kier molecular flexibility index (Phi) is 7.10. The van der Waals surface area contributed by atoms with Gasteiger partial charge in [-0.15, -0.1) is 0 Å². The maximum absolute atomic E-state index is 14.4. The van der Waals surface area contributed by atoms with E-state index in [2.05, 4.69) is 4.90 Å². The van der Waals surface area contributed by atoms with Crippen LogP contribution in [0.25, 0.3) is 5.69 Å². The van der Waals surface area contributed by atoms with E-state index in [1.165, 1.54) is 10.4 Å². The molecular formula is C28H29FN4O3S. The highest BCUT2D eigenvalue weighted by Crippen LogP contribution is 2.31. The largest absolute Gasteiger partial charge is 0.494 e. The summed E-state index contributed by atoms with van der Waals surface area (Å²) < 4.78 is 49.6. The lowest BCUT2D eigenvalue weighted by Gasteiger charge is -2.28. The fraction of sp³-hybridized carbons (Fsp3) is 0.250. The molecule has 1 aliphatic heterocycles. The molecule has 0 radical (unpaired) electrons. The van der Waals surface area contributed by atoms with Crippen LogP contribution >= 0.6 is 0 Å². The molecule has 0 fully saturated rings. The average molecular weight is 521 g/mol. The molecule has 0 bridgehead atoms. The van der Waals surface area contributed by atoms with Crippen molar-refractivity contribution in [3.8, 4) is 11.4 Å². The zero-order valence-corrected chi connectivity index (χ0v) is 21.7. The fourth-order valence-corrected chi connectivity index (χ4v) is 5.90. The van der Waals surface area contributed by atoms with Gasteiger partial charge in [0.1, 0.15) is 17.3 Å². The van der Waals surface area contributed by atoms with Gasteiger partial charge in [-0.05, 0) is 30.3 Å². The summed E-state index contributed by atoms with van der Waals surface area (Å²) in [5, 5.41) is 4.91. The molecule has 0 amide bonds. The second kappa shape index (κ2) is 10.5. The van der Waals surface area contributed by atoms with E-state index in [4.69, 9.17) is 9.84 Å². The van der Waals surface area contributed by atoms with Crippen molar-refractivity contribution < 1.29 is 17.5 Å². The zero-order valence-electron chi connectivity index (χ0n) is 20.8. The first-order valence-electron chi connectivity index (χ1n) is 12.1. The van der Waals surface area contributed by atoms with Gasteiger partial charge in [0, 0.05) is 44.2 Å². The number of nitrogens with zero attached hydrogens (tertiary/aromatic N) is 4. The monoisotopic (exact) mass is 520 g/mol. The van der Waals surface area contributed by atoms with Gasteiger partial charge in [0.2, 0.25) is 10.0 Å². The molecule has 1 aliphatic rings. The topological polar surface area (TPSA) is 67.7 Å². The molecule has 2 heterocycles. The Labute approximate surface area is 216 Å². The molecule has 3 aromatic carbocycles. The number of fused-ring (bicyclic) bond motifs is 1. The van der Waals surface area contributed by atoms with Crippen LogP contribution in [0.4, 0.5) is 4.39 Å². The van der Waals surface area contributed by atoms with E-state index in [0.29, 0.717) is 36.5 Å². The number of rotatable bonds is 8. The Morgan fingerprint density at radius 1 is 1.00 bits per heavy atom. The summed E-state index contributed by atoms with van der Waals surface area (Å²) in [6.07, 6.45) is 0.685. The smallest absolute Gasteiger partial charge is 0.243 e. The molecule has 192 valence electrons. The van der Waals surface area contributed by atoms with Crippen LogP contribution in [0.3, 0.4) is 0 Å². The highest BCUT2D eigenvalue weighted by molar-refractivity contribution is 7.89. The standard InChI is InChI=1S/C28H29FN4O3S/c1-31(37(34,35)22-11-4-3-5-12-22)20-25-23-19-32(18-21-10-6-7-13-24(21)29)17-16-26(23)33(30-25)27-14-8-9-15-28(27)36-2/h3-15H,16-20H2,1-2H3. The van der Waals surface area contributed by atoms with Crippen LogP contribution in [0.2, 0.25) is 0 Å². The molecule has 37 heavy (non-hydrogen) atoms. The summed E-state index contributed by atoms with van der Waals surface area (Å²) in [5.41, 5.74) is 4.07. The van der Waals surface area contributed by atoms with E-state index in [0.717, 1.165) is 23.5 Å². The van der Waals surface area contributed by atoms with Crippen molar-refractivity contribution in [1.82, 2.24) is 19.0 Å². The molecule has 0 saturated heterocycles. The second-order valence-electron chi connectivity index (χ2n) is 9.08. The Hall–Kier alpha value is -3.53.